The first kappa shape index (κ1) is 16.5. The van der Waals surface area contributed by atoms with Gasteiger partial charge in [-0.1, -0.05) is 6.92 Å². The molecule has 2 N–H and O–H groups in total. The molecule has 2 atom stereocenters. The number of halogens is 2. The summed E-state index contributed by atoms with van der Waals surface area (Å²) in [4.78, 5) is 23.8. The Morgan fingerprint density at radius 2 is 2.05 bits per heavy atom. The van der Waals surface area contributed by atoms with Crippen molar-refractivity contribution in [2.45, 2.75) is 32.2 Å². The van der Waals surface area contributed by atoms with Crippen molar-refractivity contribution in [3.05, 3.63) is 35.4 Å². The average molecular weight is 310 g/mol. The van der Waals surface area contributed by atoms with E-state index in [0.29, 0.717) is 5.92 Å². The molecular weight excluding hydrogens is 290 g/mol. The quantitative estimate of drug-likeness (QED) is 0.818. The van der Waals surface area contributed by atoms with Crippen molar-refractivity contribution in [1.29, 1.82) is 0 Å². The molecule has 1 aromatic carbocycles. The van der Waals surface area contributed by atoms with Gasteiger partial charge in [0.2, 0.25) is 5.91 Å². The third kappa shape index (κ3) is 4.34. The van der Waals surface area contributed by atoms with Crippen LogP contribution >= 0.6 is 0 Å². The van der Waals surface area contributed by atoms with Gasteiger partial charge in [-0.25, -0.2) is 8.78 Å². The highest BCUT2D eigenvalue weighted by molar-refractivity contribution is 5.97. The van der Waals surface area contributed by atoms with Crippen molar-refractivity contribution < 1.29 is 18.4 Å². The molecule has 1 fully saturated rings. The largest absolute Gasteiger partial charge is 0.353 e. The van der Waals surface area contributed by atoms with E-state index in [-0.39, 0.29) is 36.1 Å². The second kappa shape index (κ2) is 7.45. The molecule has 0 radical (unpaired) electrons. The SMILES string of the molecule is CC1CNCCC1NC(=O)CCC(=O)c1ccc(F)c(F)c1. The van der Waals surface area contributed by atoms with Crippen LogP contribution in [0.15, 0.2) is 18.2 Å². The lowest BCUT2D eigenvalue weighted by atomic mass is 9.95. The van der Waals surface area contributed by atoms with Crippen molar-refractivity contribution in [3.8, 4) is 0 Å². The van der Waals surface area contributed by atoms with Gasteiger partial charge in [-0.2, -0.15) is 0 Å². The number of ketones is 1. The van der Waals surface area contributed by atoms with E-state index in [9.17, 15) is 18.4 Å². The van der Waals surface area contributed by atoms with Crippen LogP contribution in [0.3, 0.4) is 0 Å². The number of hydrogen-bond acceptors (Lipinski definition) is 3. The Kier molecular flexibility index (Phi) is 5.60. The van der Waals surface area contributed by atoms with E-state index in [0.717, 1.165) is 31.6 Å². The summed E-state index contributed by atoms with van der Waals surface area (Å²) in [6.45, 7) is 3.78. The van der Waals surface area contributed by atoms with Gasteiger partial charge < -0.3 is 10.6 Å². The van der Waals surface area contributed by atoms with Crippen LogP contribution < -0.4 is 10.6 Å². The molecule has 0 spiro atoms. The normalized spacial score (nSPS) is 21.4. The Morgan fingerprint density at radius 1 is 1.27 bits per heavy atom. The summed E-state index contributed by atoms with van der Waals surface area (Å²) in [6, 6.07) is 3.13. The summed E-state index contributed by atoms with van der Waals surface area (Å²) >= 11 is 0. The molecule has 0 saturated carbocycles. The monoisotopic (exact) mass is 310 g/mol. The first-order valence-corrected chi connectivity index (χ1v) is 7.45. The van der Waals surface area contributed by atoms with Crippen LogP contribution in [0, 0.1) is 17.6 Å². The van der Waals surface area contributed by atoms with Gasteiger partial charge in [0.05, 0.1) is 0 Å². The second-order valence-corrected chi connectivity index (χ2v) is 5.70. The number of carbonyl (C=O) groups excluding carboxylic acids is 2. The van der Waals surface area contributed by atoms with Gasteiger partial charge in [0.15, 0.2) is 17.4 Å². The first-order chi connectivity index (χ1) is 10.5. The number of carbonyl (C=O) groups is 2. The smallest absolute Gasteiger partial charge is 0.220 e. The summed E-state index contributed by atoms with van der Waals surface area (Å²) in [7, 11) is 0. The molecule has 6 heteroatoms. The van der Waals surface area contributed by atoms with Crippen LogP contribution in [0.4, 0.5) is 8.78 Å². The predicted octanol–water partition coefficient (Wildman–Crippen LogP) is 2.04. The number of amides is 1. The lowest BCUT2D eigenvalue weighted by Gasteiger charge is -2.30. The molecule has 22 heavy (non-hydrogen) atoms. The fourth-order valence-corrected chi connectivity index (χ4v) is 2.55. The maximum absolute atomic E-state index is 13.1. The van der Waals surface area contributed by atoms with Gasteiger partial charge in [0, 0.05) is 24.4 Å². The maximum atomic E-state index is 13.1. The minimum atomic E-state index is -1.06. The van der Waals surface area contributed by atoms with Gasteiger partial charge in [0.1, 0.15) is 0 Å². The number of piperidine rings is 1. The van der Waals surface area contributed by atoms with Gasteiger partial charge in [0.25, 0.3) is 0 Å². The van der Waals surface area contributed by atoms with Crippen molar-refractivity contribution in [3.63, 3.8) is 0 Å². The summed E-state index contributed by atoms with van der Waals surface area (Å²) in [6.07, 6.45) is 0.898. The van der Waals surface area contributed by atoms with Crippen LogP contribution in [0.5, 0.6) is 0 Å². The Hall–Kier alpha value is -1.82. The van der Waals surface area contributed by atoms with E-state index in [1.807, 2.05) is 0 Å². The summed E-state index contributed by atoms with van der Waals surface area (Å²) in [5, 5.41) is 6.18. The van der Waals surface area contributed by atoms with Gasteiger partial charge in [-0.3, -0.25) is 9.59 Å². The molecule has 0 bridgehead atoms. The molecule has 0 aliphatic carbocycles. The molecular formula is C16H20F2N2O2. The van der Waals surface area contributed by atoms with E-state index >= 15 is 0 Å². The van der Waals surface area contributed by atoms with E-state index in [4.69, 9.17) is 0 Å². The van der Waals surface area contributed by atoms with Crippen LogP contribution in [-0.4, -0.2) is 30.8 Å². The zero-order valence-electron chi connectivity index (χ0n) is 12.5. The Labute approximate surface area is 128 Å². The number of hydrogen-bond donors (Lipinski definition) is 2. The molecule has 1 saturated heterocycles. The lowest BCUT2D eigenvalue weighted by molar-refractivity contribution is -0.122. The summed E-state index contributed by atoms with van der Waals surface area (Å²) < 4.78 is 25.9. The minimum absolute atomic E-state index is 0.0176. The molecule has 0 aromatic heterocycles. The van der Waals surface area contributed by atoms with Crippen LogP contribution in [0.1, 0.15) is 36.5 Å². The van der Waals surface area contributed by atoms with Crippen LogP contribution in [-0.2, 0) is 4.79 Å². The fourth-order valence-electron chi connectivity index (χ4n) is 2.55. The zero-order valence-corrected chi connectivity index (χ0v) is 12.5. The maximum Gasteiger partial charge on any atom is 0.220 e. The number of benzene rings is 1. The topological polar surface area (TPSA) is 58.2 Å². The van der Waals surface area contributed by atoms with Crippen molar-refractivity contribution in [2.75, 3.05) is 13.1 Å². The average Bonchev–Trinajstić information content (AvgIpc) is 2.50. The number of rotatable bonds is 5. The van der Waals surface area contributed by atoms with Gasteiger partial charge in [-0.15, -0.1) is 0 Å². The van der Waals surface area contributed by atoms with Crippen molar-refractivity contribution >= 4 is 11.7 Å². The summed E-state index contributed by atoms with van der Waals surface area (Å²) in [5.41, 5.74) is 0.0851. The molecule has 2 unspecified atom stereocenters. The highest BCUT2D eigenvalue weighted by Gasteiger charge is 2.22. The van der Waals surface area contributed by atoms with Crippen LogP contribution in [0.2, 0.25) is 0 Å². The Bertz CT molecular complexity index is 563. The number of Topliss-reactive ketones (excluding diaryl/α,β-unsaturated/α-hetero) is 1. The standard InChI is InChI=1S/C16H20F2N2O2/c1-10-9-19-7-6-14(10)20-16(22)5-4-15(21)11-2-3-12(17)13(18)8-11/h2-3,8,10,14,19H,4-7,9H2,1H3,(H,20,22). The molecule has 4 nitrogen and oxygen atoms in total. The second-order valence-electron chi connectivity index (χ2n) is 5.70. The van der Waals surface area contributed by atoms with E-state index in [1.54, 1.807) is 0 Å². The zero-order chi connectivity index (χ0) is 16.1. The summed E-state index contributed by atoms with van der Waals surface area (Å²) in [5.74, 6) is -2.25. The Morgan fingerprint density at radius 3 is 2.73 bits per heavy atom. The molecule has 1 amide bonds. The molecule has 1 aliphatic rings. The molecule has 1 aliphatic heterocycles. The first-order valence-electron chi connectivity index (χ1n) is 7.45. The highest BCUT2D eigenvalue weighted by atomic mass is 19.2. The van der Waals surface area contributed by atoms with Crippen molar-refractivity contribution in [2.24, 2.45) is 5.92 Å². The van der Waals surface area contributed by atoms with Crippen LogP contribution in [0.25, 0.3) is 0 Å². The number of nitrogens with one attached hydrogen (secondary N) is 2. The van der Waals surface area contributed by atoms with E-state index < -0.39 is 11.6 Å². The minimum Gasteiger partial charge on any atom is -0.353 e. The van der Waals surface area contributed by atoms with E-state index in [2.05, 4.69) is 17.6 Å². The van der Waals surface area contributed by atoms with Crippen molar-refractivity contribution in [1.82, 2.24) is 10.6 Å². The van der Waals surface area contributed by atoms with E-state index in [1.165, 1.54) is 6.07 Å². The molecule has 1 heterocycles. The fraction of sp³-hybridized carbons (Fsp3) is 0.500. The third-order valence-corrected chi connectivity index (χ3v) is 3.95. The lowest BCUT2D eigenvalue weighted by Crippen LogP contribution is -2.48. The predicted molar refractivity (Wildman–Crippen MR) is 78.5 cm³/mol. The Balaban J connectivity index is 1.82. The molecule has 2 rings (SSSR count). The van der Waals surface area contributed by atoms with Gasteiger partial charge in [-0.05, 0) is 43.6 Å². The highest BCUT2D eigenvalue weighted by Crippen LogP contribution is 2.13. The molecule has 120 valence electrons. The van der Waals surface area contributed by atoms with Gasteiger partial charge >= 0.3 is 0 Å². The molecule has 1 aromatic rings. The third-order valence-electron chi connectivity index (χ3n) is 3.95.